The molecule has 0 spiro atoms. The van der Waals surface area contributed by atoms with Crippen molar-refractivity contribution in [1.82, 2.24) is 24.1 Å². The van der Waals surface area contributed by atoms with E-state index in [2.05, 4.69) is 211 Å². The van der Waals surface area contributed by atoms with Gasteiger partial charge in [-0.2, -0.15) is 0 Å². The topological polar surface area (TPSA) is 51.8 Å². The summed E-state index contributed by atoms with van der Waals surface area (Å²) in [4.78, 5) is 15.5. The molecule has 0 atom stereocenters. The van der Waals surface area contributed by atoms with Gasteiger partial charge in [0.2, 0.25) is 0 Å². The second-order valence-electron chi connectivity index (χ2n) is 14.6. The van der Waals surface area contributed by atoms with Crippen LogP contribution in [0.4, 0.5) is 17.1 Å². The molecule has 0 aliphatic carbocycles. The average Bonchev–Trinajstić information content (AvgIpc) is 3.88. The number of rotatable bonds is 8. The van der Waals surface area contributed by atoms with Crippen molar-refractivity contribution in [1.29, 1.82) is 0 Å². The first-order valence-electron chi connectivity index (χ1n) is 19.7. The van der Waals surface area contributed by atoms with Gasteiger partial charge in [-0.15, -0.1) is 0 Å². The summed E-state index contributed by atoms with van der Waals surface area (Å²) in [5, 5.41) is 3.64. The van der Waals surface area contributed by atoms with Crippen LogP contribution in [0.3, 0.4) is 0 Å². The summed E-state index contributed by atoms with van der Waals surface area (Å²) >= 11 is 0. The lowest BCUT2D eigenvalue weighted by Gasteiger charge is -2.26. The first kappa shape index (κ1) is 34.2. The lowest BCUT2D eigenvalue weighted by Crippen LogP contribution is -2.09. The predicted molar refractivity (Wildman–Crippen MR) is 242 cm³/mol. The van der Waals surface area contributed by atoms with E-state index in [1.54, 1.807) is 18.6 Å². The number of nitrogens with zero attached hydrogens (tertiary/aromatic N) is 6. The van der Waals surface area contributed by atoms with E-state index in [9.17, 15) is 0 Å². The fraction of sp³-hybridized carbons (Fsp3) is 0. The Balaban J connectivity index is 1.01. The SMILES string of the molecule is c1ccc(-n2ccc3cc4c(cc32)c2cc(-c3ccc(N(c5ccc(-c6cccnc6)cc5)c5ccc(-c6ncccn6)cc5)cc3)ccc2n4-c2ccccc2)cc1. The molecular weight excluding hydrogens is 721 g/mol. The van der Waals surface area contributed by atoms with Crippen LogP contribution in [0.1, 0.15) is 0 Å². The van der Waals surface area contributed by atoms with Crippen LogP contribution in [-0.4, -0.2) is 24.1 Å². The summed E-state index contributed by atoms with van der Waals surface area (Å²) in [6, 6.07) is 66.9. The van der Waals surface area contributed by atoms with Gasteiger partial charge in [-0.3, -0.25) is 4.98 Å². The zero-order chi connectivity index (χ0) is 39.1. The van der Waals surface area contributed by atoms with Crippen molar-refractivity contribution in [2.24, 2.45) is 0 Å². The summed E-state index contributed by atoms with van der Waals surface area (Å²) < 4.78 is 4.67. The van der Waals surface area contributed by atoms with Crippen LogP contribution >= 0.6 is 0 Å². The quantitative estimate of drug-likeness (QED) is 0.155. The van der Waals surface area contributed by atoms with Gasteiger partial charge >= 0.3 is 0 Å². The van der Waals surface area contributed by atoms with E-state index in [1.807, 2.05) is 18.3 Å². The van der Waals surface area contributed by atoms with Gasteiger partial charge in [0.15, 0.2) is 5.82 Å². The number of hydrogen-bond acceptors (Lipinski definition) is 4. The highest BCUT2D eigenvalue weighted by Crippen LogP contribution is 2.40. The van der Waals surface area contributed by atoms with Crippen LogP contribution in [0.2, 0.25) is 0 Å². The first-order chi connectivity index (χ1) is 29.2. The predicted octanol–water partition coefficient (Wildman–Crippen LogP) is 13.4. The Morgan fingerprint density at radius 2 is 0.983 bits per heavy atom. The minimum Gasteiger partial charge on any atom is -0.317 e. The Hall–Kier alpha value is -8.09. The normalized spacial score (nSPS) is 11.4. The van der Waals surface area contributed by atoms with Crippen molar-refractivity contribution in [3.8, 4) is 45.0 Å². The van der Waals surface area contributed by atoms with Gasteiger partial charge in [-0.05, 0) is 138 Å². The Kier molecular flexibility index (Phi) is 8.37. The van der Waals surface area contributed by atoms with Crippen LogP contribution in [0.15, 0.2) is 219 Å². The Bertz CT molecular complexity index is 3130. The highest BCUT2D eigenvalue weighted by molar-refractivity contribution is 6.14. The van der Waals surface area contributed by atoms with Gasteiger partial charge in [-0.25, -0.2) is 9.97 Å². The third-order valence-electron chi connectivity index (χ3n) is 11.2. The highest BCUT2D eigenvalue weighted by Gasteiger charge is 2.18. The van der Waals surface area contributed by atoms with Gasteiger partial charge in [0.25, 0.3) is 0 Å². The van der Waals surface area contributed by atoms with Crippen molar-refractivity contribution in [3.63, 3.8) is 0 Å². The molecule has 0 aliphatic rings. The maximum atomic E-state index is 4.46. The minimum absolute atomic E-state index is 0.703. The summed E-state index contributed by atoms with van der Waals surface area (Å²) in [6.07, 6.45) is 9.42. The molecule has 59 heavy (non-hydrogen) atoms. The number of para-hydroxylation sites is 2. The number of aromatic nitrogens is 5. The Morgan fingerprint density at radius 3 is 1.63 bits per heavy atom. The van der Waals surface area contributed by atoms with Crippen LogP contribution in [0, 0.1) is 0 Å². The van der Waals surface area contributed by atoms with Gasteiger partial charge in [0.1, 0.15) is 0 Å². The van der Waals surface area contributed by atoms with Crippen molar-refractivity contribution in [2.75, 3.05) is 4.90 Å². The monoisotopic (exact) mass is 756 g/mol. The summed E-state index contributed by atoms with van der Waals surface area (Å²) in [5.41, 5.74) is 14.5. The molecule has 4 aromatic heterocycles. The molecular formula is C53H36N6. The molecule has 0 saturated carbocycles. The smallest absolute Gasteiger partial charge is 0.159 e. The molecule has 11 aromatic rings. The van der Waals surface area contributed by atoms with Gasteiger partial charge in [0.05, 0.1) is 16.6 Å². The second kappa shape index (κ2) is 14.4. The molecule has 4 heterocycles. The molecule has 0 bridgehead atoms. The number of fused-ring (bicyclic) bond motifs is 4. The molecule has 0 N–H and O–H groups in total. The van der Waals surface area contributed by atoms with Crippen molar-refractivity contribution in [3.05, 3.63) is 219 Å². The standard InChI is InChI=1S/C53H36N6/c1-3-10-43(11-4-1)57-32-28-41-34-52-49(35-51(41)57)48-33-40(20-27-50(48)59(52)44-12-5-2-6-13-44)37-14-21-45(22-15-37)58(46-23-16-38(17-24-46)42-9-7-29-54-36-42)47-25-18-39(19-26-47)53-55-30-8-31-56-53/h1-36H. The maximum absolute atomic E-state index is 4.46. The van der Waals surface area contributed by atoms with E-state index >= 15 is 0 Å². The molecule has 6 nitrogen and oxygen atoms in total. The van der Waals surface area contributed by atoms with E-state index in [1.165, 1.54) is 32.7 Å². The number of pyridine rings is 1. The number of anilines is 3. The lowest BCUT2D eigenvalue weighted by atomic mass is 10.0. The molecule has 278 valence electrons. The molecule has 7 aromatic carbocycles. The zero-order valence-electron chi connectivity index (χ0n) is 32.0. The van der Waals surface area contributed by atoms with E-state index in [0.717, 1.165) is 56.3 Å². The molecule has 6 heteroatoms. The molecule has 0 unspecified atom stereocenters. The van der Waals surface area contributed by atoms with Crippen LogP contribution < -0.4 is 4.90 Å². The molecule has 0 aliphatic heterocycles. The van der Waals surface area contributed by atoms with Crippen LogP contribution in [0.5, 0.6) is 0 Å². The van der Waals surface area contributed by atoms with Crippen LogP contribution in [-0.2, 0) is 0 Å². The molecule has 0 saturated heterocycles. The number of hydrogen-bond donors (Lipinski definition) is 0. The van der Waals surface area contributed by atoms with E-state index in [0.29, 0.717) is 5.82 Å². The van der Waals surface area contributed by atoms with Gasteiger partial charge < -0.3 is 14.0 Å². The maximum Gasteiger partial charge on any atom is 0.159 e. The third-order valence-corrected chi connectivity index (χ3v) is 11.2. The summed E-state index contributed by atoms with van der Waals surface area (Å²) in [7, 11) is 0. The molecule has 0 fully saturated rings. The molecule has 0 radical (unpaired) electrons. The van der Waals surface area contributed by atoms with Gasteiger partial charge in [0, 0.05) is 81.1 Å². The Morgan fingerprint density at radius 1 is 0.390 bits per heavy atom. The van der Waals surface area contributed by atoms with Crippen molar-refractivity contribution < 1.29 is 0 Å². The lowest BCUT2D eigenvalue weighted by molar-refractivity contribution is 1.13. The van der Waals surface area contributed by atoms with Crippen molar-refractivity contribution in [2.45, 2.75) is 0 Å². The van der Waals surface area contributed by atoms with E-state index < -0.39 is 0 Å². The zero-order valence-corrected chi connectivity index (χ0v) is 32.0. The Labute approximate surface area is 341 Å². The van der Waals surface area contributed by atoms with Crippen LogP contribution in [0.25, 0.3) is 77.7 Å². The minimum atomic E-state index is 0.703. The highest BCUT2D eigenvalue weighted by atomic mass is 15.1. The molecule has 0 amide bonds. The molecule has 11 rings (SSSR count). The summed E-state index contributed by atoms with van der Waals surface area (Å²) in [5.74, 6) is 0.703. The van der Waals surface area contributed by atoms with E-state index in [-0.39, 0.29) is 0 Å². The average molecular weight is 757 g/mol. The number of benzene rings is 7. The fourth-order valence-corrected chi connectivity index (χ4v) is 8.29. The first-order valence-corrected chi connectivity index (χ1v) is 19.7. The fourth-order valence-electron chi connectivity index (χ4n) is 8.29. The second-order valence-corrected chi connectivity index (χ2v) is 14.6. The van der Waals surface area contributed by atoms with Gasteiger partial charge in [-0.1, -0.05) is 72.8 Å². The summed E-state index contributed by atoms with van der Waals surface area (Å²) in [6.45, 7) is 0. The largest absolute Gasteiger partial charge is 0.317 e. The van der Waals surface area contributed by atoms with Crippen molar-refractivity contribution >= 4 is 49.8 Å². The van der Waals surface area contributed by atoms with E-state index in [4.69, 9.17) is 0 Å². The third kappa shape index (κ3) is 6.20.